The highest BCUT2D eigenvalue weighted by atomic mass is 32.2. The molecule has 5 nitrogen and oxygen atoms in total. The molecule has 0 radical (unpaired) electrons. The van der Waals surface area contributed by atoms with E-state index in [-0.39, 0.29) is 30.0 Å². The first-order valence-corrected chi connectivity index (χ1v) is 7.11. The lowest BCUT2D eigenvalue weighted by Crippen LogP contribution is -2.48. The Balaban J connectivity index is 2.29. The third-order valence-electron chi connectivity index (χ3n) is 3.86. The van der Waals surface area contributed by atoms with E-state index in [4.69, 9.17) is 0 Å². The molecule has 2 saturated heterocycles. The smallest absolute Gasteiger partial charge is 0.305 e. The third-order valence-corrected chi connectivity index (χ3v) is 5.01. The van der Waals surface area contributed by atoms with E-state index in [9.17, 15) is 14.4 Å². The van der Waals surface area contributed by atoms with E-state index in [2.05, 4.69) is 4.74 Å². The highest BCUT2D eigenvalue weighted by molar-refractivity contribution is 7.99. The minimum absolute atomic E-state index is 0.00972. The number of carbonyl (C=O) groups is 3. The van der Waals surface area contributed by atoms with Gasteiger partial charge in [-0.1, -0.05) is 0 Å². The maximum absolute atomic E-state index is 12.3. The van der Waals surface area contributed by atoms with Gasteiger partial charge in [-0.2, -0.15) is 11.8 Å². The Morgan fingerprint density at radius 1 is 1.56 bits per heavy atom. The molecule has 2 aliphatic heterocycles. The zero-order valence-corrected chi connectivity index (χ0v) is 11.4. The number of ketones is 1. The summed E-state index contributed by atoms with van der Waals surface area (Å²) in [5, 5.41) is 0. The van der Waals surface area contributed by atoms with E-state index >= 15 is 0 Å². The summed E-state index contributed by atoms with van der Waals surface area (Å²) in [6, 6.07) is 0. The third kappa shape index (κ3) is 1.92. The molecule has 2 aliphatic rings. The normalized spacial score (nSPS) is 32.1. The maximum atomic E-state index is 12.3. The van der Waals surface area contributed by atoms with Gasteiger partial charge in [0.2, 0.25) is 5.91 Å². The van der Waals surface area contributed by atoms with Crippen molar-refractivity contribution in [2.24, 2.45) is 11.3 Å². The van der Waals surface area contributed by atoms with E-state index < -0.39 is 5.41 Å². The van der Waals surface area contributed by atoms with Gasteiger partial charge < -0.3 is 9.64 Å². The van der Waals surface area contributed by atoms with Gasteiger partial charge in [-0.05, 0) is 0 Å². The number of ether oxygens (including phenoxy) is 1. The second-order valence-corrected chi connectivity index (χ2v) is 5.97. The minimum atomic E-state index is -0.980. The number of thioether (sulfide) groups is 1. The largest absolute Gasteiger partial charge is 0.469 e. The predicted octanol–water partition coefficient (Wildman–Crippen LogP) is 0.330. The number of hydrogen-bond donors (Lipinski definition) is 0. The van der Waals surface area contributed by atoms with E-state index in [0.29, 0.717) is 18.7 Å². The number of rotatable bonds is 2. The van der Waals surface area contributed by atoms with Gasteiger partial charge in [0.15, 0.2) is 0 Å². The molecule has 0 aromatic rings. The summed E-state index contributed by atoms with van der Waals surface area (Å²) in [6.07, 6.45) is 0.556. The number of amides is 1. The van der Waals surface area contributed by atoms with Crippen LogP contribution in [0.1, 0.15) is 12.8 Å². The summed E-state index contributed by atoms with van der Waals surface area (Å²) in [5.41, 5.74) is -0.980. The summed E-state index contributed by atoms with van der Waals surface area (Å²) in [5.74, 6) is 0.519. The molecule has 1 spiro atoms. The Morgan fingerprint density at radius 2 is 2.28 bits per heavy atom. The average molecular weight is 271 g/mol. The monoisotopic (exact) mass is 271 g/mol. The van der Waals surface area contributed by atoms with Crippen LogP contribution in [0.2, 0.25) is 0 Å². The molecule has 2 unspecified atom stereocenters. The Labute approximate surface area is 110 Å². The van der Waals surface area contributed by atoms with Crippen molar-refractivity contribution in [3.05, 3.63) is 0 Å². The summed E-state index contributed by atoms with van der Waals surface area (Å²) in [4.78, 5) is 37.6. The quantitative estimate of drug-likeness (QED) is 0.535. The molecule has 2 rings (SSSR count). The molecule has 0 N–H and O–H groups in total. The summed E-state index contributed by atoms with van der Waals surface area (Å²) >= 11 is 1.62. The summed E-state index contributed by atoms with van der Waals surface area (Å²) < 4.78 is 4.66. The molecular formula is C12H17NO4S. The molecule has 0 bridgehead atoms. The Hall–Kier alpha value is -1.04. The van der Waals surface area contributed by atoms with Gasteiger partial charge in [0.1, 0.15) is 11.2 Å². The van der Waals surface area contributed by atoms with Crippen molar-refractivity contribution in [3.8, 4) is 0 Å². The first-order valence-electron chi connectivity index (χ1n) is 5.95. The van der Waals surface area contributed by atoms with E-state index in [1.54, 1.807) is 23.7 Å². The fourth-order valence-electron chi connectivity index (χ4n) is 2.84. The molecular weight excluding hydrogens is 254 g/mol. The molecule has 0 saturated carbocycles. The standard InChI is InChI=1S/C12H17NO4S/c1-13-6-8(5-10(15)17-2)12(11(13)16)7-18-4-3-9(12)14/h8H,3-7H2,1-2H3. The number of methoxy groups -OCH3 is 1. The number of carbonyl (C=O) groups excluding carboxylic acids is 3. The zero-order valence-electron chi connectivity index (χ0n) is 10.6. The lowest BCUT2D eigenvalue weighted by Gasteiger charge is -2.33. The number of likely N-dealkylation sites (tertiary alicyclic amines) is 1. The van der Waals surface area contributed by atoms with Crippen molar-refractivity contribution >= 4 is 29.4 Å². The lowest BCUT2D eigenvalue weighted by molar-refractivity contribution is -0.146. The highest BCUT2D eigenvalue weighted by Crippen LogP contribution is 2.45. The van der Waals surface area contributed by atoms with Crippen LogP contribution >= 0.6 is 11.8 Å². The van der Waals surface area contributed by atoms with E-state index in [1.165, 1.54) is 7.11 Å². The maximum Gasteiger partial charge on any atom is 0.305 e. The van der Waals surface area contributed by atoms with Crippen molar-refractivity contribution in [1.29, 1.82) is 0 Å². The number of nitrogens with zero attached hydrogens (tertiary/aromatic N) is 1. The SMILES string of the molecule is COC(=O)CC1CN(C)C(=O)C12CSCCC2=O. The molecule has 2 fully saturated rings. The molecule has 0 aromatic heterocycles. The zero-order chi connectivity index (χ0) is 13.3. The van der Waals surface area contributed by atoms with Gasteiger partial charge in [0.25, 0.3) is 0 Å². The van der Waals surface area contributed by atoms with E-state index in [0.717, 1.165) is 5.75 Å². The molecule has 1 amide bonds. The van der Waals surface area contributed by atoms with E-state index in [1.807, 2.05) is 0 Å². The molecule has 0 aliphatic carbocycles. The molecule has 6 heteroatoms. The van der Waals surface area contributed by atoms with Gasteiger partial charge in [0, 0.05) is 37.4 Å². The lowest BCUT2D eigenvalue weighted by atomic mass is 9.73. The second-order valence-electron chi connectivity index (χ2n) is 4.86. The Morgan fingerprint density at radius 3 is 2.89 bits per heavy atom. The number of esters is 1. The van der Waals surface area contributed by atoms with Gasteiger partial charge in [-0.25, -0.2) is 0 Å². The second kappa shape index (κ2) is 4.91. The van der Waals surface area contributed by atoms with Crippen LogP contribution in [0.15, 0.2) is 0 Å². The van der Waals surface area contributed by atoms with Gasteiger partial charge in [-0.3, -0.25) is 14.4 Å². The van der Waals surface area contributed by atoms with Crippen LogP contribution in [0.25, 0.3) is 0 Å². The Bertz CT molecular complexity index is 398. The van der Waals surface area contributed by atoms with Crippen LogP contribution < -0.4 is 0 Å². The summed E-state index contributed by atoms with van der Waals surface area (Å²) in [7, 11) is 3.01. The molecule has 0 aromatic carbocycles. The van der Waals surface area contributed by atoms with Crippen LogP contribution in [0.5, 0.6) is 0 Å². The predicted molar refractivity (Wildman–Crippen MR) is 67.1 cm³/mol. The number of Topliss-reactive ketones (excluding diaryl/α,β-unsaturated/α-hetero) is 1. The molecule has 18 heavy (non-hydrogen) atoms. The van der Waals surface area contributed by atoms with Crippen LogP contribution in [-0.4, -0.2) is 54.8 Å². The molecule has 100 valence electrons. The highest BCUT2D eigenvalue weighted by Gasteiger charge is 2.58. The first kappa shape index (κ1) is 13.4. The van der Waals surface area contributed by atoms with Crippen LogP contribution in [0, 0.1) is 11.3 Å². The van der Waals surface area contributed by atoms with Crippen molar-refractivity contribution in [2.75, 3.05) is 32.2 Å². The summed E-state index contributed by atoms with van der Waals surface area (Å²) in [6.45, 7) is 0.459. The number of hydrogen-bond acceptors (Lipinski definition) is 5. The Kier molecular flexibility index (Phi) is 3.66. The van der Waals surface area contributed by atoms with Crippen molar-refractivity contribution in [3.63, 3.8) is 0 Å². The first-order chi connectivity index (χ1) is 8.52. The van der Waals surface area contributed by atoms with Crippen LogP contribution in [0.4, 0.5) is 0 Å². The minimum Gasteiger partial charge on any atom is -0.469 e. The van der Waals surface area contributed by atoms with Gasteiger partial charge >= 0.3 is 5.97 Å². The van der Waals surface area contributed by atoms with Crippen molar-refractivity contribution in [1.82, 2.24) is 4.90 Å². The van der Waals surface area contributed by atoms with Gasteiger partial charge in [-0.15, -0.1) is 0 Å². The molecule has 2 atom stereocenters. The fourth-order valence-corrected chi connectivity index (χ4v) is 4.15. The van der Waals surface area contributed by atoms with Crippen LogP contribution in [0.3, 0.4) is 0 Å². The fraction of sp³-hybridized carbons (Fsp3) is 0.750. The average Bonchev–Trinajstić information content (AvgIpc) is 2.58. The van der Waals surface area contributed by atoms with Gasteiger partial charge in [0.05, 0.1) is 13.5 Å². The van der Waals surface area contributed by atoms with Crippen molar-refractivity contribution < 1.29 is 19.1 Å². The van der Waals surface area contributed by atoms with Crippen LogP contribution in [-0.2, 0) is 19.1 Å². The molecule has 2 heterocycles. The van der Waals surface area contributed by atoms with Crippen molar-refractivity contribution in [2.45, 2.75) is 12.8 Å². The topological polar surface area (TPSA) is 63.7 Å².